The Morgan fingerprint density at radius 3 is 1.66 bits per heavy atom. The highest BCUT2D eigenvalue weighted by Gasteiger charge is 2.30. The molecule has 6 aromatic rings. The third-order valence-electron chi connectivity index (χ3n) is 6.48. The zero-order valence-electron chi connectivity index (χ0n) is 18.9. The number of hydrogen-bond acceptors (Lipinski definition) is 2. The first-order chi connectivity index (χ1) is 17.2. The van der Waals surface area contributed by atoms with Crippen molar-refractivity contribution in [2.45, 2.75) is 0 Å². The summed E-state index contributed by atoms with van der Waals surface area (Å²) in [5, 5.41) is 4.19. The number of nitrogens with zero attached hydrogens (tertiary/aromatic N) is 1. The van der Waals surface area contributed by atoms with E-state index < -0.39 is 7.14 Å². The van der Waals surface area contributed by atoms with E-state index in [0.29, 0.717) is 5.56 Å². The number of carbonyl (C=O) groups excluding carboxylic acids is 1. The van der Waals surface area contributed by atoms with Crippen LogP contribution in [-0.4, -0.2) is 10.5 Å². The molecule has 0 saturated carbocycles. The van der Waals surface area contributed by atoms with Crippen molar-refractivity contribution in [2.75, 3.05) is 0 Å². The van der Waals surface area contributed by atoms with Crippen molar-refractivity contribution in [3.63, 3.8) is 0 Å². The van der Waals surface area contributed by atoms with E-state index in [0.717, 1.165) is 37.7 Å². The van der Waals surface area contributed by atoms with Gasteiger partial charge >= 0.3 is 0 Å². The van der Waals surface area contributed by atoms with Crippen molar-refractivity contribution in [3.05, 3.63) is 139 Å². The highest BCUT2D eigenvalue weighted by molar-refractivity contribution is 7.85. The smallest absolute Gasteiger partial charge is 0.262 e. The van der Waals surface area contributed by atoms with Gasteiger partial charge in [0.2, 0.25) is 0 Å². The highest BCUT2D eigenvalue weighted by atomic mass is 31.2. The predicted octanol–water partition coefficient (Wildman–Crippen LogP) is 6.12. The van der Waals surface area contributed by atoms with Gasteiger partial charge in [-0.1, -0.05) is 97.1 Å². The molecule has 0 N–H and O–H groups in total. The van der Waals surface area contributed by atoms with Gasteiger partial charge in [-0.05, 0) is 36.4 Å². The minimum atomic E-state index is -3.13. The number of rotatable bonds is 4. The van der Waals surface area contributed by atoms with E-state index in [1.807, 2.05) is 133 Å². The van der Waals surface area contributed by atoms with Crippen LogP contribution >= 0.6 is 7.14 Å². The Morgan fingerprint density at radius 1 is 0.514 bits per heavy atom. The fraction of sp³-hybridized carbons (Fsp3) is 0. The van der Waals surface area contributed by atoms with Crippen LogP contribution in [0.1, 0.15) is 10.4 Å². The molecule has 0 fully saturated rings. The molecule has 0 amide bonds. The quantitative estimate of drug-likeness (QED) is 0.291. The Kier molecular flexibility index (Phi) is 5.21. The van der Waals surface area contributed by atoms with Crippen molar-refractivity contribution >= 4 is 50.8 Å². The van der Waals surface area contributed by atoms with Gasteiger partial charge in [-0.2, -0.15) is 0 Å². The van der Waals surface area contributed by atoms with E-state index in [2.05, 4.69) is 0 Å². The lowest BCUT2D eigenvalue weighted by molar-refractivity contribution is 0.0969. The van der Waals surface area contributed by atoms with E-state index in [-0.39, 0.29) is 5.91 Å². The molecule has 5 aromatic carbocycles. The monoisotopic (exact) mass is 471 g/mol. The molecule has 0 unspecified atom stereocenters. The second-order valence-corrected chi connectivity index (χ2v) is 11.3. The highest BCUT2D eigenvalue weighted by Crippen LogP contribution is 2.43. The fourth-order valence-electron chi connectivity index (χ4n) is 4.81. The molecule has 0 aliphatic rings. The summed E-state index contributed by atoms with van der Waals surface area (Å²) in [5.74, 6) is -0.0844. The Labute approximate surface area is 203 Å². The standard InChI is InChI=1S/C31H22NO2P/c33-31(23-12-4-1-5-13-23)32-29-19-11-10-18-27(29)28-22-26(20-21-30(28)32)35(34,24-14-6-2-7-15-24)25-16-8-3-9-17-25/h1-22H. The van der Waals surface area contributed by atoms with Crippen LogP contribution < -0.4 is 15.9 Å². The lowest BCUT2D eigenvalue weighted by Crippen LogP contribution is -2.25. The molecular weight excluding hydrogens is 449 g/mol. The van der Waals surface area contributed by atoms with Gasteiger partial charge in [0.05, 0.1) is 11.0 Å². The van der Waals surface area contributed by atoms with Crippen LogP contribution in [-0.2, 0) is 4.57 Å². The molecule has 0 radical (unpaired) electrons. The Bertz CT molecular complexity index is 1680. The van der Waals surface area contributed by atoms with Gasteiger partial charge in [0.1, 0.15) is 0 Å². The van der Waals surface area contributed by atoms with Crippen molar-refractivity contribution in [3.8, 4) is 0 Å². The van der Waals surface area contributed by atoms with Crippen LogP contribution in [0.25, 0.3) is 21.8 Å². The Morgan fingerprint density at radius 2 is 1.03 bits per heavy atom. The van der Waals surface area contributed by atoms with Crippen molar-refractivity contribution in [1.29, 1.82) is 0 Å². The third kappa shape index (κ3) is 3.44. The lowest BCUT2D eigenvalue weighted by atomic mass is 10.1. The van der Waals surface area contributed by atoms with Crippen molar-refractivity contribution in [1.82, 2.24) is 4.57 Å². The maximum atomic E-state index is 14.9. The summed E-state index contributed by atoms with van der Waals surface area (Å²) in [6.45, 7) is 0. The van der Waals surface area contributed by atoms with Crippen LogP contribution in [0, 0.1) is 0 Å². The van der Waals surface area contributed by atoms with Gasteiger partial charge in [0.25, 0.3) is 5.91 Å². The van der Waals surface area contributed by atoms with Crippen LogP contribution in [0.2, 0.25) is 0 Å². The minimum Gasteiger partial charge on any atom is -0.309 e. The first-order valence-electron chi connectivity index (χ1n) is 11.5. The molecule has 6 rings (SSSR count). The Balaban J connectivity index is 1.64. The molecule has 0 bridgehead atoms. The average Bonchev–Trinajstić information content (AvgIpc) is 3.27. The molecule has 0 atom stereocenters. The summed E-state index contributed by atoms with van der Waals surface area (Å²) in [6.07, 6.45) is 0. The molecule has 0 saturated heterocycles. The van der Waals surface area contributed by atoms with Crippen LogP contribution in [0.5, 0.6) is 0 Å². The van der Waals surface area contributed by atoms with E-state index in [4.69, 9.17) is 0 Å². The van der Waals surface area contributed by atoms with Gasteiger partial charge < -0.3 is 4.57 Å². The van der Waals surface area contributed by atoms with Gasteiger partial charge in [-0.3, -0.25) is 9.36 Å². The molecule has 0 aliphatic heterocycles. The number of aromatic nitrogens is 1. The lowest BCUT2D eigenvalue weighted by Gasteiger charge is -2.20. The molecule has 1 aromatic heterocycles. The summed E-state index contributed by atoms with van der Waals surface area (Å²) >= 11 is 0. The van der Waals surface area contributed by atoms with E-state index in [1.54, 1.807) is 4.57 Å². The SMILES string of the molecule is O=C(c1ccccc1)n1c2ccccc2c2cc(P(=O)(c3ccccc3)c3ccccc3)ccc21. The number of hydrogen-bond donors (Lipinski definition) is 0. The minimum absolute atomic E-state index is 0.0844. The first kappa shape index (κ1) is 21.3. The zero-order valence-corrected chi connectivity index (χ0v) is 19.8. The number of carbonyl (C=O) groups is 1. The van der Waals surface area contributed by atoms with Crippen LogP contribution in [0.4, 0.5) is 0 Å². The summed E-state index contributed by atoms with van der Waals surface area (Å²) in [6, 6.07) is 42.3. The average molecular weight is 471 g/mol. The summed E-state index contributed by atoms with van der Waals surface area (Å²) in [7, 11) is -3.13. The molecule has 35 heavy (non-hydrogen) atoms. The Hall–Kier alpha value is -4.20. The second-order valence-electron chi connectivity index (χ2n) is 8.51. The van der Waals surface area contributed by atoms with Gasteiger partial charge in [-0.25, -0.2) is 0 Å². The number of para-hydroxylation sites is 1. The molecule has 168 valence electrons. The zero-order chi connectivity index (χ0) is 23.8. The summed E-state index contributed by atoms with van der Waals surface area (Å²) in [5.41, 5.74) is 2.26. The predicted molar refractivity (Wildman–Crippen MR) is 145 cm³/mol. The molecule has 0 spiro atoms. The third-order valence-corrected chi connectivity index (χ3v) is 9.54. The normalized spacial score (nSPS) is 11.7. The van der Waals surface area contributed by atoms with E-state index in [1.165, 1.54) is 0 Å². The molecular formula is C31H22NO2P. The topological polar surface area (TPSA) is 39.1 Å². The second kappa shape index (κ2) is 8.54. The fourth-order valence-corrected chi connectivity index (χ4v) is 7.48. The van der Waals surface area contributed by atoms with Crippen molar-refractivity contribution < 1.29 is 9.36 Å². The number of benzene rings is 5. The maximum Gasteiger partial charge on any atom is 0.262 e. The van der Waals surface area contributed by atoms with E-state index >= 15 is 0 Å². The molecule has 1 heterocycles. The molecule has 3 nitrogen and oxygen atoms in total. The summed E-state index contributed by atoms with van der Waals surface area (Å²) < 4.78 is 16.6. The van der Waals surface area contributed by atoms with Gasteiger partial charge in [0, 0.05) is 32.2 Å². The van der Waals surface area contributed by atoms with Crippen molar-refractivity contribution in [2.24, 2.45) is 0 Å². The molecule has 4 heteroatoms. The summed E-state index contributed by atoms with van der Waals surface area (Å²) in [4.78, 5) is 13.6. The van der Waals surface area contributed by atoms with Gasteiger partial charge in [0.15, 0.2) is 7.14 Å². The van der Waals surface area contributed by atoms with Gasteiger partial charge in [-0.15, -0.1) is 0 Å². The van der Waals surface area contributed by atoms with E-state index in [9.17, 15) is 9.36 Å². The first-order valence-corrected chi connectivity index (χ1v) is 13.2. The number of fused-ring (bicyclic) bond motifs is 3. The van der Waals surface area contributed by atoms with Crippen LogP contribution in [0.15, 0.2) is 133 Å². The van der Waals surface area contributed by atoms with Crippen LogP contribution in [0.3, 0.4) is 0 Å². The largest absolute Gasteiger partial charge is 0.309 e. The maximum absolute atomic E-state index is 14.9. The molecule has 0 aliphatic carbocycles.